The molecule has 0 spiro atoms. The Balaban J connectivity index is 1.46. The van der Waals surface area contributed by atoms with Gasteiger partial charge in [0.15, 0.2) is 0 Å². The SMILES string of the molecule is CN(C)c1ncc(-c2ccccc2)c([C@@H]2CCCN(C(=O)CCCc3ccc(F)cc3)C2)n1. The average molecular weight is 447 g/mol. The number of amides is 1. The summed E-state index contributed by atoms with van der Waals surface area (Å²) in [4.78, 5) is 26.4. The predicted octanol–water partition coefficient (Wildman–Crippen LogP) is 5.08. The van der Waals surface area contributed by atoms with E-state index in [1.165, 1.54) is 12.1 Å². The summed E-state index contributed by atoms with van der Waals surface area (Å²) >= 11 is 0. The third-order valence-electron chi connectivity index (χ3n) is 6.22. The summed E-state index contributed by atoms with van der Waals surface area (Å²) in [6.07, 6.45) is 5.92. The molecule has 172 valence electrons. The quantitative estimate of drug-likeness (QED) is 0.508. The van der Waals surface area contributed by atoms with Crippen LogP contribution >= 0.6 is 0 Å². The first kappa shape index (κ1) is 22.9. The van der Waals surface area contributed by atoms with Crippen LogP contribution in [0.5, 0.6) is 0 Å². The Bertz CT molecular complexity index is 1070. The monoisotopic (exact) mass is 446 g/mol. The zero-order chi connectivity index (χ0) is 23.2. The molecule has 0 saturated carbocycles. The van der Waals surface area contributed by atoms with E-state index >= 15 is 0 Å². The van der Waals surface area contributed by atoms with Crippen molar-refractivity contribution >= 4 is 11.9 Å². The summed E-state index contributed by atoms with van der Waals surface area (Å²) in [7, 11) is 3.89. The number of nitrogens with zero attached hydrogens (tertiary/aromatic N) is 4. The summed E-state index contributed by atoms with van der Waals surface area (Å²) in [5.41, 5.74) is 4.21. The Hall–Kier alpha value is -3.28. The van der Waals surface area contributed by atoms with Gasteiger partial charge in [-0.15, -0.1) is 0 Å². The second-order valence-corrected chi connectivity index (χ2v) is 8.89. The molecule has 1 aromatic heterocycles. The van der Waals surface area contributed by atoms with E-state index in [9.17, 15) is 9.18 Å². The lowest BCUT2D eigenvalue weighted by Crippen LogP contribution is -2.39. The minimum absolute atomic E-state index is 0.178. The van der Waals surface area contributed by atoms with Gasteiger partial charge in [-0.2, -0.15) is 0 Å². The third kappa shape index (κ3) is 5.75. The van der Waals surface area contributed by atoms with Gasteiger partial charge in [-0.3, -0.25) is 4.79 Å². The number of aromatic nitrogens is 2. The van der Waals surface area contributed by atoms with E-state index in [4.69, 9.17) is 4.98 Å². The lowest BCUT2D eigenvalue weighted by molar-refractivity contribution is -0.132. The standard InChI is InChI=1S/C27H31FN4O/c1-31(2)27-29-18-24(21-9-4-3-5-10-21)26(30-27)22-11-7-17-32(19-22)25(33)12-6-8-20-13-15-23(28)16-14-20/h3-5,9-10,13-16,18,22H,6-8,11-12,17,19H2,1-2H3/t22-/m1/s1. The first-order chi connectivity index (χ1) is 16.0. The molecule has 1 saturated heterocycles. The van der Waals surface area contributed by atoms with Gasteiger partial charge < -0.3 is 9.80 Å². The molecule has 3 aromatic rings. The number of rotatable bonds is 7. The number of likely N-dealkylation sites (tertiary alicyclic amines) is 1. The number of carbonyl (C=O) groups is 1. The zero-order valence-electron chi connectivity index (χ0n) is 19.4. The zero-order valence-corrected chi connectivity index (χ0v) is 19.4. The van der Waals surface area contributed by atoms with Crippen molar-refractivity contribution in [3.8, 4) is 11.1 Å². The minimum atomic E-state index is -0.230. The molecule has 2 heterocycles. The second-order valence-electron chi connectivity index (χ2n) is 8.89. The number of aryl methyl sites for hydroxylation is 1. The van der Waals surface area contributed by atoms with Crippen molar-refractivity contribution in [2.75, 3.05) is 32.1 Å². The molecule has 4 rings (SSSR count). The van der Waals surface area contributed by atoms with Crippen LogP contribution < -0.4 is 4.90 Å². The lowest BCUT2D eigenvalue weighted by atomic mass is 9.89. The Labute approximate surface area is 195 Å². The highest BCUT2D eigenvalue weighted by Gasteiger charge is 2.28. The fourth-order valence-corrected chi connectivity index (χ4v) is 4.43. The molecular formula is C27H31FN4O. The van der Waals surface area contributed by atoms with Gasteiger partial charge >= 0.3 is 0 Å². The van der Waals surface area contributed by atoms with Gasteiger partial charge in [-0.1, -0.05) is 42.5 Å². The minimum Gasteiger partial charge on any atom is -0.347 e. The largest absolute Gasteiger partial charge is 0.347 e. The molecule has 0 N–H and O–H groups in total. The van der Waals surface area contributed by atoms with E-state index in [0.29, 0.717) is 18.9 Å². The molecule has 1 amide bonds. The summed E-state index contributed by atoms with van der Waals surface area (Å²) in [6, 6.07) is 16.7. The number of piperidine rings is 1. The molecule has 1 fully saturated rings. The summed E-state index contributed by atoms with van der Waals surface area (Å²) < 4.78 is 13.1. The number of halogens is 1. The van der Waals surface area contributed by atoms with Crippen LogP contribution in [0.3, 0.4) is 0 Å². The van der Waals surface area contributed by atoms with E-state index < -0.39 is 0 Å². The van der Waals surface area contributed by atoms with Gasteiger partial charge in [-0.25, -0.2) is 14.4 Å². The highest BCUT2D eigenvalue weighted by molar-refractivity contribution is 5.76. The van der Waals surface area contributed by atoms with Crippen molar-refractivity contribution in [1.29, 1.82) is 0 Å². The van der Waals surface area contributed by atoms with E-state index in [-0.39, 0.29) is 17.6 Å². The first-order valence-electron chi connectivity index (χ1n) is 11.6. The Morgan fingerprint density at radius 1 is 1.12 bits per heavy atom. The molecule has 1 aliphatic rings. The number of anilines is 1. The highest BCUT2D eigenvalue weighted by Crippen LogP contribution is 2.34. The van der Waals surface area contributed by atoms with Gasteiger partial charge in [0.2, 0.25) is 11.9 Å². The van der Waals surface area contributed by atoms with E-state index in [1.54, 1.807) is 12.1 Å². The van der Waals surface area contributed by atoms with Gasteiger partial charge in [0.1, 0.15) is 5.82 Å². The Morgan fingerprint density at radius 3 is 2.61 bits per heavy atom. The molecule has 0 aliphatic carbocycles. The Kier molecular flexibility index (Phi) is 7.33. The molecule has 0 bridgehead atoms. The molecule has 5 nitrogen and oxygen atoms in total. The predicted molar refractivity (Wildman–Crippen MR) is 130 cm³/mol. The van der Waals surface area contributed by atoms with Crippen LogP contribution in [0, 0.1) is 5.82 Å². The van der Waals surface area contributed by atoms with Crippen molar-refractivity contribution in [2.45, 2.75) is 38.0 Å². The normalized spacial score (nSPS) is 16.0. The van der Waals surface area contributed by atoms with Crippen molar-refractivity contribution < 1.29 is 9.18 Å². The fourth-order valence-electron chi connectivity index (χ4n) is 4.43. The van der Waals surface area contributed by atoms with Crippen molar-refractivity contribution in [1.82, 2.24) is 14.9 Å². The topological polar surface area (TPSA) is 49.3 Å². The molecule has 33 heavy (non-hydrogen) atoms. The second kappa shape index (κ2) is 10.6. The lowest BCUT2D eigenvalue weighted by Gasteiger charge is -2.33. The van der Waals surface area contributed by atoms with Crippen LogP contribution in [0.15, 0.2) is 60.8 Å². The van der Waals surface area contributed by atoms with Crippen molar-refractivity contribution in [3.63, 3.8) is 0 Å². The van der Waals surface area contributed by atoms with Crippen LogP contribution in [0.25, 0.3) is 11.1 Å². The van der Waals surface area contributed by atoms with Gasteiger partial charge in [0.05, 0.1) is 5.69 Å². The summed E-state index contributed by atoms with van der Waals surface area (Å²) in [5, 5.41) is 0. The van der Waals surface area contributed by atoms with E-state index in [0.717, 1.165) is 54.6 Å². The summed E-state index contributed by atoms with van der Waals surface area (Å²) in [5.74, 6) is 0.820. The smallest absolute Gasteiger partial charge is 0.225 e. The summed E-state index contributed by atoms with van der Waals surface area (Å²) in [6.45, 7) is 1.47. The van der Waals surface area contributed by atoms with Crippen LogP contribution in [-0.4, -0.2) is 48.0 Å². The number of benzene rings is 2. The van der Waals surface area contributed by atoms with E-state index in [2.05, 4.69) is 17.1 Å². The molecule has 2 aromatic carbocycles. The fraction of sp³-hybridized carbons (Fsp3) is 0.370. The third-order valence-corrected chi connectivity index (χ3v) is 6.22. The van der Waals surface area contributed by atoms with E-state index in [1.807, 2.05) is 48.3 Å². The molecular weight excluding hydrogens is 415 g/mol. The van der Waals surface area contributed by atoms with Crippen LogP contribution in [0.4, 0.5) is 10.3 Å². The molecule has 6 heteroatoms. The van der Waals surface area contributed by atoms with Gasteiger partial charge in [0, 0.05) is 51.3 Å². The van der Waals surface area contributed by atoms with Crippen LogP contribution in [0.2, 0.25) is 0 Å². The average Bonchev–Trinajstić information content (AvgIpc) is 2.85. The Morgan fingerprint density at radius 2 is 1.88 bits per heavy atom. The van der Waals surface area contributed by atoms with Crippen molar-refractivity contribution in [2.24, 2.45) is 0 Å². The van der Waals surface area contributed by atoms with Crippen LogP contribution in [-0.2, 0) is 11.2 Å². The van der Waals surface area contributed by atoms with Gasteiger partial charge in [-0.05, 0) is 48.9 Å². The molecule has 1 aliphatic heterocycles. The molecule has 1 atom stereocenters. The molecule has 0 unspecified atom stereocenters. The van der Waals surface area contributed by atoms with Crippen LogP contribution in [0.1, 0.15) is 42.9 Å². The number of carbonyl (C=O) groups excluding carboxylic acids is 1. The maximum atomic E-state index is 13.1. The number of hydrogen-bond acceptors (Lipinski definition) is 4. The van der Waals surface area contributed by atoms with Crippen molar-refractivity contribution in [3.05, 3.63) is 77.9 Å². The maximum Gasteiger partial charge on any atom is 0.225 e. The molecule has 0 radical (unpaired) electrons. The first-order valence-corrected chi connectivity index (χ1v) is 11.6. The number of hydrogen-bond donors (Lipinski definition) is 0. The van der Waals surface area contributed by atoms with Gasteiger partial charge in [0.25, 0.3) is 0 Å². The highest BCUT2D eigenvalue weighted by atomic mass is 19.1. The maximum absolute atomic E-state index is 13.1.